The number of phenols is 2. The highest BCUT2D eigenvalue weighted by atomic mass is 127. The maximum Gasteiger partial charge on any atom is 0.308 e. The van der Waals surface area contributed by atoms with E-state index in [0.29, 0.717) is 91.7 Å². The lowest BCUT2D eigenvalue weighted by atomic mass is 9.97. The first kappa shape index (κ1) is 109. The molecule has 6 fully saturated rings. The average molecular weight is 1980 g/mol. The maximum absolute atomic E-state index is 14.2. The Labute approximate surface area is 790 Å². The minimum atomic E-state index is -1.61. The zero-order valence-corrected chi connectivity index (χ0v) is 79.6. The normalized spacial score (nSPS) is 18.2. The number of esters is 6. The van der Waals surface area contributed by atoms with Gasteiger partial charge in [0.1, 0.15) is 109 Å². The number of halogens is 1. The zero-order chi connectivity index (χ0) is 97.2. The van der Waals surface area contributed by atoms with Crippen LogP contribution < -0.4 is 64.6 Å². The van der Waals surface area contributed by atoms with Crippen molar-refractivity contribution in [3.05, 3.63) is 57.2 Å². The summed E-state index contributed by atoms with van der Waals surface area (Å²) < 4.78 is 34.3. The van der Waals surface area contributed by atoms with E-state index in [1.165, 1.54) is 30.3 Å². The molecule has 12 amide bonds. The Bertz CT molecular complexity index is 4250. The third-order valence-corrected chi connectivity index (χ3v) is 25.3. The lowest BCUT2D eigenvalue weighted by Crippen LogP contribution is -2.60. The molecule has 38 nitrogen and oxygen atoms in total. The Balaban J connectivity index is 0.000000363. The molecule has 39 heteroatoms. The molecule has 0 heterocycles. The van der Waals surface area contributed by atoms with Crippen molar-refractivity contribution in [2.24, 2.45) is 23.3 Å². The summed E-state index contributed by atoms with van der Waals surface area (Å²) in [4.78, 5) is 241. The van der Waals surface area contributed by atoms with Gasteiger partial charge in [0.15, 0.2) is 0 Å². The van der Waals surface area contributed by atoms with Crippen molar-refractivity contribution in [3.8, 4) is 11.5 Å². The van der Waals surface area contributed by atoms with Gasteiger partial charge in [0, 0.05) is 39.5 Å². The summed E-state index contributed by atoms with van der Waals surface area (Å²) in [6, 6.07) is -4.01. The summed E-state index contributed by atoms with van der Waals surface area (Å²) in [6.45, 7) is 8.77. The van der Waals surface area contributed by atoms with Crippen LogP contribution in [-0.2, 0) is 128 Å². The van der Waals surface area contributed by atoms with Gasteiger partial charge in [0.25, 0.3) is 0 Å². The number of amides is 12. The average Bonchev–Trinajstić information content (AvgIpc) is 0.845. The fourth-order valence-corrected chi connectivity index (χ4v) is 17.6. The summed E-state index contributed by atoms with van der Waals surface area (Å²) in [5.41, 5.74) is 12.4. The first-order valence-electron chi connectivity index (χ1n) is 47.3. The molecule has 2 aromatic carbocycles. The fraction of sp³-hybridized carbons (Fsp3) is 0.681. The number of carbonyl (C=O) groups excluding carboxylic acids is 18. The van der Waals surface area contributed by atoms with Crippen LogP contribution >= 0.6 is 22.6 Å². The molecule has 0 spiro atoms. The van der Waals surface area contributed by atoms with Crippen LogP contribution in [0.1, 0.15) is 297 Å². The van der Waals surface area contributed by atoms with Crippen molar-refractivity contribution in [3.63, 3.8) is 0 Å². The Kier molecular flexibility index (Phi) is 46.9. The van der Waals surface area contributed by atoms with Gasteiger partial charge in [-0.25, -0.2) is 0 Å². The van der Waals surface area contributed by atoms with Crippen LogP contribution in [0.15, 0.2) is 42.5 Å². The van der Waals surface area contributed by atoms with Gasteiger partial charge in [-0.15, -0.1) is 0 Å². The summed E-state index contributed by atoms with van der Waals surface area (Å²) >= 11 is 1.91. The zero-order valence-electron chi connectivity index (χ0n) is 77.4. The highest BCUT2D eigenvalue weighted by Gasteiger charge is 2.41. The van der Waals surface area contributed by atoms with Crippen LogP contribution in [0.4, 0.5) is 0 Å². The van der Waals surface area contributed by atoms with Gasteiger partial charge >= 0.3 is 35.8 Å². The van der Waals surface area contributed by atoms with Gasteiger partial charge in [0.05, 0.1) is 29.3 Å². The van der Waals surface area contributed by atoms with E-state index in [1.54, 1.807) is 39.8 Å². The minimum Gasteiger partial charge on any atom is -0.508 e. The number of rotatable bonds is 46. The quantitative estimate of drug-likeness (QED) is 0.0205. The molecule has 0 aromatic heterocycles. The van der Waals surface area contributed by atoms with Crippen LogP contribution in [0.5, 0.6) is 11.5 Å². The topological polar surface area (TPSA) is 575 Å². The smallest absolute Gasteiger partial charge is 0.308 e. The van der Waals surface area contributed by atoms with E-state index in [1.807, 2.05) is 22.6 Å². The number of hydrogen-bond donors (Lipinski definition) is 14. The second kappa shape index (κ2) is 57.1. The molecule has 133 heavy (non-hydrogen) atoms. The molecule has 0 radical (unpaired) electrons. The predicted octanol–water partition coefficient (Wildman–Crippen LogP) is 6.02. The van der Waals surface area contributed by atoms with Crippen molar-refractivity contribution in [2.45, 2.75) is 395 Å². The van der Waals surface area contributed by atoms with E-state index in [9.17, 15) is 96.5 Å². The third-order valence-electron chi connectivity index (χ3n) is 24.4. The summed E-state index contributed by atoms with van der Waals surface area (Å²) in [7, 11) is 0. The van der Waals surface area contributed by atoms with Gasteiger partial charge in [-0.05, 0) is 237 Å². The summed E-state index contributed by atoms with van der Waals surface area (Å²) in [6.07, 6.45) is 19.1. The summed E-state index contributed by atoms with van der Waals surface area (Å²) in [5, 5.41) is 45.1. The van der Waals surface area contributed by atoms with Crippen LogP contribution in [0.25, 0.3) is 0 Å². The molecule has 6 saturated carbocycles. The van der Waals surface area contributed by atoms with Gasteiger partial charge in [0.2, 0.25) is 70.9 Å². The van der Waals surface area contributed by atoms with Crippen molar-refractivity contribution >= 4 is 129 Å². The second-order valence-electron chi connectivity index (χ2n) is 36.4. The van der Waals surface area contributed by atoms with Gasteiger partial charge in [-0.2, -0.15) is 0 Å². The largest absolute Gasteiger partial charge is 0.508 e. The number of primary amides is 2. The molecule has 0 unspecified atom stereocenters. The lowest BCUT2D eigenvalue weighted by Gasteiger charge is -2.29. The number of nitrogens with two attached hydrogens (primary N) is 2. The van der Waals surface area contributed by atoms with Crippen LogP contribution in [0.3, 0.4) is 0 Å². The number of carbonyl (C=O) groups is 18. The maximum atomic E-state index is 14.2. The van der Waals surface area contributed by atoms with Crippen molar-refractivity contribution < 1.29 is 125 Å². The second-order valence-corrected chi connectivity index (χ2v) is 37.6. The molecule has 6 aliphatic rings. The van der Waals surface area contributed by atoms with Gasteiger partial charge in [-0.3, -0.25) is 86.3 Å². The molecule has 738 valence electrons. The monoisotopic (exact) mass is 1980 g/mol. The molecular weight excluding hydrogens is 1840 g/mol. The van der Waals surface area contributed by atoms with E-state index >= 15 is 0 Å². The van der Waals surface area contributed by atoms with E-state index < -0.39 is 205 Å². The first-order chi connectivity index (χ1) is 63.3. The lowest BCUT2D eigenvalue weighted by molar-refractivity contribution is -0.153. The number of phenolic OH excluding ortho intramolecular Hbond substituents is 2. The van der Waals surface area contributed by atoms with Gasteiger partial charge < -0.3 is 103 Å². The van der Waals surface area contributed by atoms with Crippen LogP contribution in [0.2, 0.25) is 0 Å². The number of ether oxygens (including phenoxy) is 6. The van der Waals surface area contributed by atoms with E-state index in [-0.39, 0.29) is 86.6 Å². The Hall–Kier alpha value is -10.8. The van der Waals surface area contributed by atoms with Crippen LogP contribution in [-0.4, -0.2) is 214 Å². The molecule has 2 aromatic rings. The number of nitrogens with one attached hydrogen (secondary N) is 10. The van der Waals surface area contributed by atoms with E-state index in [4.69, 9.17) is 39.9 Å². The van der Waals surface area contributed by atoms with Crippen molar-refractivity contribution in [1.29, 1.82) is 0 Å². The Morgan fingerprint density at radius 1 is 0.316 bits per heavy atom. The van der Waals surface area contributed by atoms with Gasteiger partial charge in [-0.1, -0.05) is 84.4 Å². The van der Waals surface area contributed by atoms with E-state index in [2.05, 4.69) is 53.2 Å². The standard InChI is InChI=1S/C47H69IN6O13.C47H70N6O13/c1-27(2)42(47(64)53-37(26-41(59)67-32-17-11-6-12-18-32)46(63)52-35(43(49)60)24-29-19-21-38(56)33(48)23-29)54-44(61)34(20-22-39(57)65-30-13-7-4-8-14-30)51-45(62)36(50-28(3)55)25-40(58)66-31-15-9-5-10-16-31;1-28(2)42(47(63)52-38(27-41(58)66-34-17-11-6-12-18-34)46(62)51-36(43(48)59)25-30-19-21-31(55)22-20-30)53-44(60)35(23-24-39(56)64-32-13-7-4-8-14-32)50-45(61)37(49-29(3)54)26-40(57)65-33-15-9-5-10-16-33/h19,21,23,27,30-32,34-37,42,56H,4-18,20,22,24-26H2,1-3H3,(H2,49,60)(H,50,55)(H,51,62)(H,52,63)(H,53,64)(H,54,61);19-22,28,32-38,42,55H,4-18,23-27H2,1-3H3,(H2,48,59)(H,49,54)(H,50,61)(H,51,62)(H,52,63)(H,53,60)/t34-,35-,36-,37-,42-;35-,36-,37-,38-,42-/m00/s1. The SMILES string of the molecule is CC(=O)N[C@@H](CC(=O)OC1CCCCC1)C(=O)N[C@@H](CCC(=O)OC1CCCCC1)C(=O)N[C@H](C(=O)N[C@@H](CC(=O)OC1CCCCC1)C(=O)N[C@@H](Cc1ccc(O)c(I)c1)C(N)=O)C(C)C.CC(=O)N[C@@H](CC(=O)OC1CCCCC1)C(=O)N[C@@H](CCC(=O)OC1CCCCC1)C(=O)N[C@H](C(=O)N[C@@H](CC(=O)OC1CCCCC1)C(=O)N[C@@H](Cc1ccc(O)cc1)C(N)=O)C(C)C. The molecular formula is C94H139IN12O26. The number of aromatic hydroxyl groups is 2. The first-order valence-corrected chi connectivity index (χ1v) is 48.4. The fourth-order valence-electron chi connectivity index (χ4n) is 17.0. The number of benzene rings is 2. The molecule has 10 atom stereocenters. The number of hydrogen-bond acceptors (Lipinski definition) is 26. The highest BCUT2D eigenvalue weighted by molar-refractivity contribution is 14.1. The van der Waals surface area contributed by atoms with E-state index in [0.717, 1.165) is 129 Å². The minimum absolute atomic E-state index is 0.0155. The molecule has 6 aliphatic carbocycles. The molecule has 16 N–H and O–H groups in total. The van der Waals surface area contributed by atoms with Crippen molar-refractivity contribution in [2.75, 3.05) is 0 Å². The van der Waals surface area contributed by atoms with Crippen LogP contribution in [0, 0.1) is 15.4 Å². The summed E-state index contributed by atoms with van der Waals surface area (Å²) in [5.74, 6) is -15.9. The molecule has 0 saturated heterocycles. The molecule has 0 bridgehead atoms. The van der Waals surface area contributed by atoms with Crippen molar-refractivity contribution in [1.82, 2.24) is 53.2 Å². The molecule has 0 aliphatic heterocycles. The predicted molar refractivity (Wildman–Crippen MR) is 490 cm³/mol. The molecule has 8 rings (SSSR count). The highest BCUT2D eigenvalue weighted by Crippen LogP contribution is 2.29. The Morgan fingerprint density at radius 3 is 0.820 bits per heavy atom. The Morgan fingerprint density at radius 2 is 0.556 bits per heavy atom. The third kappa shape index (κ3) is 40.5.